The van der Waals surface area contributed by atoms with Crippen LogP contribution >= 0.6 is 0 Å². The van der Waals surface area contributed by atoms with Crippen LogP contribution in [-0.4, -0.2) is 39.8 Å². The van der Waals surface area contributed by atoms with E-state index in [9.17, 15) is 22.8 Å². The molecule has 1 saturated carbocycles. The number of fused-ring (bicyclic) bond motifs is 2. The number of alkyl halides is 3. The predicted molar refractivity (Wildman–Crippen MR) is 93.5 cm³/mol. The van der Waals surface area contributed by atoms with Crippen molar-refractivity contribution in [2.45, 2.75) is 24.9 Å². The van der Waals surface area contributed by atoms with E-state index in [1.54, 1.807) is 6.07 Å². The van der Waals surface area contributed by atoms with Crippen LogP contribution in [0.15, 0.2) is 36.7 Å². The fourth-order valence-electron chi connectivity index (χ4n) is 3.90. The second-order valence-corrected chi connectivity index (χ2v) is 7.30. The summed E-state index contributed by atoms with van der Waals surface area (Å²) in [6.07, 6.45) is -0.841. The Bertz CT molecular complexity index is 948. The third-order valence-electron chi connectivity index (χ3n) is 5.48. The first-order valence-corrected chi connectivity index (χ1v) is 8.78. The largest absolute Gasteiger partial charge is 0.416 e. The number of carbonyl (C=O) groups is 2. The van der Waals surface area contributed by atoms with Crippen molar-refractivity contribution in [1.82, 2.24) is 14.9 Å². The number of rotatable bonds is 3. The van der Waals surface area contributed by atoms with Gasteiger partial charge in [0.25, 0.3) is 5.91 Å². The zero-order chi connectivity index (χ0) is 20.1. The fraction of sp³-hybridized carbons (Fsp3) is 0.368. The highest BCUT2D eigenvalue weighted by Crippen LogP contribution is 2.57. The Labute approximate surface area is 158 Å². The third-order valence-corrected chi connectivity index (χ3v) is 5.48. The molecule has 4 rings (SSSR count). The molecule has 2 heterocycles. The van der Waals surface area contributed by atoms with Crippen LogP contribution < -0.4 is 5.32 Å². The summed E-state index contributed by atoms with van der Waals surface area (Å²) in [6.45, 7) is 1.94. The van der Waals surface area contributed by atoms with Gasteiger partial charge in [-0.25, -0.2) is 9.97 Å². The fourth-order valence-corrected chi connectivity index (χ4v) is 3.90. The van der Waals surface area contributed by atoms with Gasteiger partial charge in [0.2, 0.25) is 11.9 Å². The van der Waals surface area contributed by atoms with E-state index in [4.69, 9.17) is 0 Å². The minimum absolute atomic E-state index is 0.127. The van der Waals surface area contributed by atoms with E-state index < -0.39 is 29.0 Å². The van der Waals surface area contributed by atoms with Gasteiger partial charge in [-0.2, -0.15) is 13.2 Å². The molecule has 1 N–H and O–H groups in total. The van der Waals surface area contributed by atoms with Crippen LogP contribution in [0, 0.1) is 5.92 Å². The Balaban J connectivity index is 1.60. The van der Waals surface area contributed by atoms with Crippen molar-refractivity contribution in [3.8, 4) is 0 Å². The number of aromatic nitrogens is 2. The third kappa shape index (κ3) is 3.10. The number of benzene rings is 1. The maximum Gasteiger partial charge on any atom is 0.416 e. The average Bonchev–Trinajstić information content (AvgIpc) is 3.29. The number of nitrogens with zero attached hydrogens (tertiary/aromatic N) is 3. The van der Waals surface area contributed by atoms with Crippen molar-refractivity contribution >= 4 is 17.8 Å². The van der Waals surface area contributed by atoms with Crippen molar-refractivity contribution in [2.75, 3.05) is 18.4 Å². The molecular formula is C19H17F3N4O2. The highest BCUT2D eigenvalue weighted by atomic mass is 19.4. The number of hydrogen-bond acceptors (Lipinski definition) is 4. The molecule has 146 valence electrons. The van der Waals surface area contributed by atoms with Crippen molar-refractivity contribution in [3.05, 3.63) is 53.3 Å². The molecule has 6 nitrogen and oxygen atoms in total. The van der Waals surface area contributed by atoms with Gasteiger partial charge >= 0.3 is 6.18 Å². The number of anilines is 1. The van der Waals surface area contributed by atoms with E-state index in [0.29, 0.717) is 12.0 Å². The van der Waals surface area contributed by atoms with Gasteiger partial charge in [0.15, 0.2) is 0 Å². The zero-order valence-corrected chi connectivity index (χ0v) is 15.0. The van der Waals surface area contributed by atoms with Gasteiger partial charge in [-0.05, 0) is 42.2 Å². The van der Waals surface area contributed by atoms with Gasteiger partial charge in [-0.3, -0.25) is 14.9 Å². The van der Waals surface area contributed by atoms with Gasteiger partial charge in [0.1, 0.15) is 6.54 Å². The van der Waals surface area contributed by atoms with E-state index >= 15 is 0 Å². The standard InChI is InChI=1S/C19H17F3N4O2/c1-11-8-18(11)10-26(9-15(27)25-17-23-5-2-6-24-17)16(28)13-4-3-12(7-14(13)18)19(20,21)22/h2-7,11H,8-10H2,1H3,(H,23,24,25,27)/t11-,18+/m1/s1. The van der Waals surface area contributed by atoms with Crippen LogP contribution in [0.2, 0.25) is 0 Å². The normalized spacial score (nSPS) is 23.5. The predicted octanol–water partition coefficient (Wildman–Crippen LogP) is 2.87. The summed E-state index contributed by atoms with van der Waals surface area (Å²) in [6, 6.07) is 4.83. The summed E-state index contributed by atoms with van der Waals surface area (Å²) in [4.78, 5) is 34.3. The lowest BCUT2D eigenvalue weighted by molar-refractivity contribution is -0.137. The summed E-state index contributed by atoms with van der Waals surface area (Å²) in [5.74, 6) is -0.650. The van der Waals surface area contributed by atoms with E-state index in [0.717, 1.165) is 12.1 Å². The van der Waals surface area contributed by atoms with E-state index in [2.05, 4.69) is 15.3 Å². The number of carbonyl (C=O) groups excluding carboxylic acids is 2. The molecule has 0 saturated heterocycles. The lowest BCUT2D eigenvalue weighted by Crippen LogP contribution is -2.47. The molecule has 0 bridgehead atoms. The molecule has 2 aliphatic rings. The molecule has 1 aromatic heterocycles. The minimum Gasteiger partial charge on any atom is -0.328 e. The van der Waals surface area contributed by atoms with Crippen molar-refractivity contribution in [2.24, 2.45) is 5.92 Å². The first kappa shape index (κ1) is 18.4. The van der Waals surface area contributed by atoms with Crippen LogP contribution in [-0.2, 0) is 16.4 Å². The maximum atomic E-state index is 13.1. The molecular weight excluding hydrogens is 373 g/mol. The SMILES string of the molecule is C[C@@H]1C[C@]12CN(CC(=O)Nc1ncccn1)C(=O)c1ccc(C(F)(F)F)cc12. The van der Waals surface area contributed by atoms with Crippen molar-refractivity contribution in [3.63, 3.8) is 0 Å². The van der Waals surface area contributed by atoms with E-state index in [1.807, 2.05) is 6.92 Å². The lowest BCUT2D eigenvalue weighted by Gasteiger charge is -2.35. The average molecular weight is 390 g/mol. The van der Waals surface area contributed by atoms with Gasteiger partial charge in [-0.1, -0.05) is 6.92 Å². The molecule has 1 aromatic carbocycles. The Hall–Kier alpha value is -2.97. The van der Waals surface area contributed by atoms with E-state index in [-0.39, 0.29) is 30.5 Å². The number of hydrogen-bond donors (Lipinski definition) is 1. The van der Waals surface area contributed by atoms with Gasteiger partial charge in [-0.15, -0.1) is 0 Å². The Morgan fingerprint density at radius 3 is 2.61 bits per heavy atom. The van der Waals surface area contributed by atoms with Gasteiger partial charge in [0.05, 0.1) is 5.56 Å². The van der Waals surface area contributed by atoms with Crippen LogP contribution in [0.3, 0.4) is 0 Å². The Morgan fingerprint density at radius 1 is 1.32 bits per heavy atom. The quantitative estimate of drug-likeness (QED) is 0.875. The first-order valence-electron chi connectivity index (χ1n) is 8.78. The molecule has 0 unspecified atom stereocenters. The number of halogens is 3. The molecule has 1 aliphatic heterocycles. The van der Waals surface area contributed by atoms with E-state index in [1.165, 1.54) is 23.4 Å². The Morgan fingerprint density at radius 2 is 2.00 bits per heavy atom. The molecule has 1 fully saturated rings. The second kappa shape index (κ2) is 6.29. The molecule has 1 aliphatic carbocycles. The second-order valence-electron chi connectivity index (χ2n) is 7.30. The molecule has 2 atom stereocenters. The number of nitrogens with one attached hydrogen (secondary N) is 1. The summed E-state index contributed by atoms with van der Waals surface area (Å²) in [5.41, 5.74) is -0.631. The van der Waals surface area contributed by atoms with Gasteiger partial charge in [0, 0.05) is 29.9 Å². The molecule has 2 amide bonds. The van der Waals surface area contributed by atoms with Crippen LogP contribution in [0.25, 0.3) is 0 Å². The molecule has 1 spiro atoms. The Kier molecular flexibility index (Phi) is 4.13. The number of amides is 2. The smallest absolute Gasteiger partial charge is 0.328 e. The van der Waals surface area contributed by atoms with Crippen LogP contribution in [0.1, 0.15) is 34.8 Å². The highest BCUT2D eigenvalue weighted by molar-refractivity contribution is 6.01. The van der Waals surface area contributed by atoms with Crippen molar-refractivity contribution in [1.29, 1.82) is 0 Å². The van der Waals surface area contributed by atoms with Crippen LogP contribution in [0.4, 0.5) is 19.1 Å². The molecule has 2 aromatic rings. The monoisotopic (exact) mass is 390 g/mol. The van der Waals surface area contributed by atoms with Crippen LogP contribution in [0.5, 0.6) is 0 Å². The minimum atomic E-state index is -4.47. The topological polar surface area (TPSA) is 75.2 Å². The first-order chi connectivity index (χ1) is 13.2. The summed E-state index contributed by atoms with van der Waals surface area (Å²) < 4.78 is 39.4. The molecule has 9 heteroatoms. The molecule has 28 heavy (non-hydrogen) atoms. The van der Waals surface area contributed by atoms with Gasteiger partial charge < -0.3 is 4.90 Å². The zero-order valence-electron chi connectivity index (χ0n) is 15.0. The summed E-state index contributed by atoms with van der Waals surface area (Å²) >= 11 is 0. The lowest BCUT2D eigenvalue weighted by atomic mass is 9.83. The highest BCUT2D eigenvalue weighted by Gasteiger charge is 2.58. The molecule has 0 radical (unpaired) electrons. The van der Waals surface area contributed by atoms with Crippen molar-refractivity contribution < 1.29 is 22.8 Å². The summed E-state index contributed by atoms with van der Waals surface area (Å²) in [5, 5.41) is 2.52. The summed E-state index contributed by atoms with van der Waals surface area (Å²) in [7, 11) is 0. The maximum absolute atomic E-state index is 13.1.